The van der Waals surface area contributed by atoms with Gasteiger partial charge < -0.3 is 10.1 Å². The molecule has 3 rings (SSSR count). The van der Waals surface area contributed by atoms with Crippen LogP contribution in [0, 0.1) is 18.8 Å². The minimum Gasteiger partial charge on any atom is -0.454 e. The van der Waals surface area contributed by atoms with Crippen LogP contribution in [-0.4, -0.2) is 41.2 Å². The number of hydrogen-bond donors (Lipinski definition) is 1. The van der Waals surface area contributed by atoms with E-state index in [9.17, 15) is 19.2 Å². The molecule has 3 atom stereocenters. The van der Waals surface area contributed by atoms with Gasteiger partial charge in [0.2, 0.25) is 11.8 Å². The van der Waals surface area contributed by atoms with Crippen LogP contribution in [-0.2, 0) is 23.9 Å². The Morgan fingerprint density at radius 2 is 1.74 bits per heavy atom. The molecule has 1 saturated heterocycles. The van der Waals surface area contributed by atoms with E-state index in [0.717, 1.165) is 23.3 Å². The molecule has 2 fully saturated rings. The summed E-state index contributed by atoms with van der Waals surface area (Å²) in [6.45, 7) is 2.85. The van der Waals surface area contributed by atoms with Gasteiger partial charge in [0.15, 0.2) is 6.61 Å². The Morgan fingerprint density at radius 1 is 1.15 bits per heavy atom. The van der Waals surface area contributed by atoms with E-state index in [1.54, 1.807) is 12.1 Å². The molecule has 0 spiro atoms. The number of ether oxygens (including phenoxy) is 1. The van der Waals surface area contributed by atoms with Crippen LogP contribution in [0.2, 0.25) is 0 Å². The number of amides is 3. The minimum absolute atomic E-state index is 0.293. The fourth-order valence-electron chi connectivity index (χ4n) is 3.83. The summed E-state index contributed by atoms with van der Waals surface area (Å²) in [6.07, 6.45) is 3.22. The molecule has 0 radical (unpaired) electrons. The lowest BCUT2D eigenvalue weighted by Crippen LogP contribution is -2.45. The van der Waals surface area contributed by atoms with Crippen molar-refractivity contribution in [1.82, 2.24) is 4.90 Å². The third-order valence-corrected chi connectivity index (χ3v) is 5.37. The highest BCUT2D eigenvalue weighted by molar-refractivity contribution is 6.08. The van der Waals surface area contributed by atoms with E-state index in [1.807, 2.05) is 19.1 Å². The Labute approximate surface area is 158 Å². The number of nitrogens with one attached hydrogen (secondary N) is 1. The number of para-hydroxylation sites is 1. The van der Waals surface area contributed by atoms with E-state index in [0.29, 0.717) is 18.5 Å². The quantitative estimate of drug-likeness (QED) is 0.631. The minimum atomic E-state index is -1.03. The molecule has 1 aliphatic carbocycles. The first-order valence-corrected chi connectivity index (χ1v) is 9.29. The molecule has 144 valence electrons. The Kier molecular flexibility index (Phi) is 5.58. The average Bonchev–Trinajstić information content (AvgIpc) is 2.92. The molecule has 0 bridgehead atoms. The molecular formula is C20H24N2O5. The lowest BCUT2D eigenvalue weighted by atomic mass is 9.81. The number of likely N-dealkylation sites (tertiary alicyclic amines) is 1. The van der Waals surface area contributed by atoms with Gasteiger partial charge in [0.05, 0.1) is 11.8 Å². The third-order valence-electron chi connectivity index (χ3n) is 5.37. The van der Waals surface area contributed by atoms with Crippen molar-refractivity contribution in [2.45, 2.75) is 45.6 Å². The summed E-state index contributed by atoms with van der Waals surface area (Å²) in [4.78, 5) is 50.4. The van der Waals surface area contributed by atoms with Crippen molar-refractivity contribution in [3.63, 3.8) is 0 Å². The van der Waals surface area contributed by atoms with Crippen LogP contribution in [0.4, 0.5) is 5.69 Å². The second-order valence-corrected chi connectivity index (χ2v) is 7.19. The van der Waals surface area contributed by atoms with Gasteiger partial charge in [0.1, 0.15) is 6.04 Å². The number of nitrogens with zero attached hydrogens (tertiary/aromatic N) is 1. The van der Waals surface area contributed by atoms with Crippen LogP contribution >= 0.6 is 0 Å². The van der Waals surface area contributed by atoms with Crippen molar-refractivity contribution in [2.24, 2.45) is 11.8 Å². The number of anilines is 1. The molecule has 1 aromatic carbocycles. The molecule has 0 aromatic heterocycles. The first-order valence-electron chi connectivity index (χ1n) is 9.29. The summed E-state index contributed by atoms with van der Waals surface area (Å²) in [7, 11) is 0. The van der Waals surface area contributed by atoms with Crippen molar-refractivity contribution in [2.75, 3.05) is 11.9 Å². The lowest BCUT2D eigenvalue weighted by Gasteiger charge is -2.21. The zero-order chi connectivity index (χ0) is 19.6. The highest BCUT2D eigenvalue weighted by atomic mass is 16.5. The molecule has 1 heterocycles. The molecule has 1 N–H and O–H groups in total. The Hall–Kier alpha value is -2.70. The number of benzene rings is 1. The molecule has 1 aliphatic heterocycles. The lowest BCUT2D eigenvalue weighted by molar-refractivity contribution is -0.159. The maximum absolute atomic E-state index is 12.5. The van der Waals surface area contributed by atoms with Crippen LogP contribution in [0.25, 0.3) is 0 Å². The van der Waals surface area contributed by atoms with Crippen LogP contribution in [0.5, 0.6) is 0 Å². The second-order valence-electron chi connectivity index (χ2n) is 7.19. The van der Waals surface area contributed by atoms with E-state index in [1.165, 1.54) is 6.92 Å². The van der Waals surface area contributed by atoms with Crippen LogP contribution in [0.3, 0.4) is 0 Å². The molecule has 1 saturated carbocycles. The van der Waals surface area contributed by atoms with Gasteiger partial charge >= 0.3 is 5.97 Å². The Balaban J connectivity index is 1.56. The number of rotatable bonds is 5. The van der Waals surface area contributed by atoms with E-state index in [2.05, 4.69) is 5.32 Å². The summed E-state index contributed by atoms with van der Waals surface area (Å²) >= 11 is 0. The fourth-order valence-corrected chi connectivity index (χ4v) is 3.83. The predicted octanol–water partition coefficient (Wildman–Crippen LogP) is 2.04. The molecule has 3 amide bonds. The van der Waals surface area contributed by atoms with Gasteiger partial charge in [-0.15, -0.1) is 0 Å². The van der Waals surface area contributed by atoms with Crippen LogP contribution < -0.4 is 5.32 Å². The Morgan fingerprint density at radius 3 is 2.33 bits per heavy atom. The monoisotopic (exact) mass is 372 g/mol. The molecular weight excluding hydrogens is 348 g/mol. The molecule has 2 aliphatic rings. The summed E-state index contributed by atoms with van der Waals surface area (Å²) in [5, 5.41) is 2.67. The number of carbonyl (C=O) groups excluding carboxylic acids is 4. The normalized spacial score (nSPS) is 23.0. The first kappa shape index (κ1) is 19.1. The zero-order valence-corrected chi connectivity index (χ0v) is 15.6. The largest absolute Gasteiger partial charge is 0.454 e. The smallest absolute Gasteiger partial charge is 0.329 e. The van der Waals surface area contributed by atoms with Gasteiger partial charge in [0.25, 0.3) is 5.91 Å². The Bertz CT molecular complexity index is 751. The van der Waals surface area contributed by atoms with E-state index in [4.69, 9.17) is 4.74 Å². The van der Waals surface area contributed by atoms with E-state index in [-0.39, 0.29) is 23.7 Å². The second kappa shape index (κ2) is 7.90. The number of aryl methyl sites for hydroxylation is 1. The van der Waals surface area contributed by atoms with Crippen molar-refractivity contribution in [1.29, 1.82) is 0 Å². The van der Waals surface area contributed by atoms with Crippen molar-refractivity contribution in [3.05, 3.63) is 29.8 Å². The maximum atomic E-state index is 12.5. The summed E-state index contributed by atoms with van der Waals surface area (Å²) in [6, 6.07) is 6.23. The number of esters is 1. The average molecular weight is 372 g/mol. The van der Waals surface area contributed by atoms with Gasteiger partial charge in [-0.2, -0.15) is 0 Å². The van der Waals surface area contributed by atoms with Crippen LogP contribution in [0.15, 0.2) is 24.3 Å². The summed E-state index contributed by atoms with van der Waals surface area (Å²) in [5.74, 6) is -2.44. The van der Waals surface area contributed by atoms with Gasteiger partial charge in [-0.25, -0.2) is 4.79 Å². The SMILES string of the molecule is Cc1ccccc1NC(=O)COC(=O)[C@H](C)N1C(=O)[C@@H]2CCCC[C@H]2C1=O. The van der Waals surface area contributed by atoms with Crippen molar-refractivity contribution < 1.29 is 23.9 Å². The van der Waals surface area contributed by atoms with Crippen molar-refractivity contribution >= 4 is 29.4 Å². The van der Waals surface area contributed by atoms with E-state index >= 15 is 0 Å². The summed E-state index contributed by atoms with van der Waals surface area (Å²) < 4.78 is 5.04. The van der Waals surface area contributed by atoms with Gasteiger partial charge in [-0.1, -0.05) is 31.0 Å². The van der Waals surface area contributed by atoms with Crippen LogP contribution in [0.1, 0.15) is 38.2 Å². The summed E-state index contributed by atoms with van der Waals surface area (Å²) in [5.41, 5.74) is 1.53. The van der Waals surface area contributed by atoms with Gasteiger partial charge in [-0.05, 0) is 38.3 Å². The van der Waals surface area contributed by atoms with Crippen molar-refractivity contribution in [3.8, 4) is 0 Å². The maximum Gasteiger partial charge on any atom is 0.329 e. The zero-order valence-electron chi connectivity index (χ0n) is 15.6. The highest BCUT2D eigenvalue weighted by Crippen LogP contribution is 2.38. The number of carbonyl (C=O) groups is 4. The third kappa shape index (κ3) is 3.86. The predicted molar refractivity (Wildman–Crippen MR) is 97.5 cm³/mol. The number of hydrogen-bond acceptors (Lipinski definition) is 5. The topological polar surface area (TPSA) is 92.8 Å². The number of fused-ring (bicyclic) bond motifs is 1. The van der Waals surface area contributed by atoms with Gasteiger partial charge in [-0.3, -0.25) is 19.3 Å². The molecule has 7 heteroatoms. The molecule has 27 heavy (non-hydrogen) atoms. The molecule has 0 unspecified atom stereocenters. The van der Waals surface area contributed by atoms with E-state index < -0.39 is 24.5 Å². The first-order chi connectivity index (χ1) is 12.9. The molecule has 1 aromatic rings. The standard InChI is InChI=1S/C20H24N2O5/c1-12-7-3-6-10-16(12)21-17(23)11-27-20(26)13(2)22-18(24)14-8-4-5-9-15(14)19(22)25/h3,6-7,10,13-15H,4-5,8-9,11H2,1-2H3,(H,21,23)/t13-,14+,15+/m0/s1. The number of imide groups is 1. The highest BCUT2D eigenvalue weighted by Gasteiger charge is 2.51. The fraction of sp³-hybridized carbons (Fsp3) is 0.500. The molecule has 7 nitrogen and oxygen atoms in total. The van der Waals surface area contributed by atoms with Gasteiger partial charge in [0, 0.05) is 5.69 Å².